The molecule has 0 amide bonds. The fraction of sp³-hybridized carbons (Fsp3) is 0.438. The third-order valence-electron chi connectivity index (χ3n) is 3.94. The Labute approximate surface area is 142 Å². The lowest BCUT2D eigenvalue weighted by Gasteiger charge is -2.31. The number of hydrogen-bond acceptors (Lipinski definition) is 3. The Morgan fingerprint density at radius 3 is 2.73 bits per heavy atom. The van der Waals surface area contributed by atoms with E-state index < -0.39 is 0 Å². The van der Waals surface area contributed by atoms with Crippen molar-refractivity contribution in [3.63, 3.8) is 0 Å². The minimum absolute atomic E-state index is 0. The average Bonchev–Trinajstić information content (AvgIpc) is 2.81. The van der Waals surface area contributed by atoms with Crippen LogP contribution in [-0.2, 0) is 6.54 Å². The monoisotopic (exact) mass is 340 g/mol. The van der Waals surface area contributed by atoms with Crippen molar-refractivity contribution in [1.82, 2.24) is 20.0 Å². The van der Waals surface area contributed by atoms with E-state index in [0.29, 0.717) is 6.04 Å². The number of halogens is 2. The van der Waals surface area contributed by atoms with Crippen LogP contribution < -0.4 is 5.32 Å². The van der Waals surface area contributed by atoms with Crippen molar-refractivity contribution in [2.45, 2.75) is 26.4 Å². The van der Waals surface area contributed by atoms with Crippen LogP contribution in [0.25, 0.3) is 5.69 Å². The number of hydrogen-bond donors (Lipinski definition) is 1. The van der Waals surface area contributed by atoms with Gasteiger partial charge in [0.2, 0.25) is 0 Å². The van der Waals surface area contributed by atoms with Crippen LogP contribution in [-0.4, -0.2) is 40.4 Å². The van der Waals surface area contributed by atoms with Gasteiger partial charge < -0.3 is 5.32 Å². The molecule has 1 atom stereocenters. The summed E-state index contributed by atoms with van der Waals surface area (Å²) in [6.45, 7) is 8.52. The molecule has 120 valence electrons. The molecule has 0 radical (unpaired) electrons. The van der Waals surface area contributed by atoms with Crippen LogP contribution in [0.1, 0.15) is 18.2 Å². The molecule has 1 aliphatic heterocycles. The van der Waals surface area contributed by atoms with E-state index in [9.17, 15) is 0 Å². The summed E-state index contributed by atoms with van der Waals surface area (Å²) in [6, 6.07) is 8.33. The zero-order valence-corrected chi connectivity index (χ0v) is 14.5. The second-order valence-corrected chi connectivity index (χ2v) is 6.19. The Hall–Kier alpha value is -1.07. The summed E-state index contributed by atoms with van der Waals surface area (Å²) in [6.07, 6.45) is 2.13. The molecule has 3 rings (SSSR count). The van der Waals surface area contributed by atoms with E-state index in [-0.39, 0.29) is 12.4 Å². The first kappa shape index (κ1) is 17.3. The lowest BCUT2D eigenvalue weighted by molar-refractivity contribution is 0.199. The normalized spacial score (nSPS) is 19.0. The van der Waals surface area contributed by atoms with Crippen LogP contribution >= 0.6 is 24.0 Å². The molecule has 4 nitrogen and oxygen atoms in total. The molecule has 1 unspecified atom stereocenters. The standard InChI is InChI=1S/C16H21ClN4.ClH/c1-12-9-20(8-7-18-12)10-14-11-21(19-13(14)2)16-5-3-15(17)4-6-16;/h3-6,11-12,18H,7-10H2,1-2H3;1H. The molecule has 6 heteroatoms. The van der Waals surface area contributed by atoms with Crippen LogP contribution in [0.5, 0.6) is 0 Å². The minimum atomic E-state index is 0. The molecule has 1 N–H and O–H groups in total. The first-order valence-electron chi connectivity index (χ1n) is 7.38. The summed E-state index contributed by atoms with van der Waals surface area (Å²) >= 11 is 5.94. The third-order valence-corrected chi connectivity index (χ3v) is 4.19. The number of piperazine rings is 1. The Bertz CT molecular complexity index is 609. The zero-order valence-electron chi connectivity index (χ0n) is 12.9. The Morgan fingerprint density at radius 1 is 1.32 bits per heavy atom. The van der Waals surface area contributed by atoms with Crippen LogP contribution in [0, 0.1) is 6.92 Å². The SMILES string of the molecule is Cc1nn(-c2ccc(Cl)cc2)cc1CN1CCNC(C)C1.Cl. The summed E-state index contributed by atoms with van der Waals surface area (Å²) in [5.41, 5.74) is 3.43. The van der Waals surface area contributed by atoms with Gasteiger partial charge in [-0.2, -0.15) is 5.10 Å². The molecule has 0 bridgehead atoms. The predicted octanol–water partition coefficient (Wildman–Crippen LogP) is 3.05. The van der Waals surface area contributed by atoms with E-state index in [1.165, 1.54) is 5.56 Å². The van der Waals surface area contributed by atoms with Crippen LogP contribution in [0.15, 0.2) is 30.5 Å². The van der Waals surface area contributed by atoms with Gasteiger partial charge in [0, 0.05) is 49.0 Å². The number of aryl methyl sites for hydroxylation is 1. The second-order valence-electron chi connectivity index (χ2n) is 5.75. The summed E-state index contributed by atoms with van der Waals surface area (Å²) in [5.74, 6) is 0. The van der Waals surface area contributed by atoms with Gasteiger partial charge in [-0.05, 0) is 38.1 Å². The predicted molar refractivity (Wildman–Crippen MR) is 93.3 cm³/mol. The molecule has 0 saturated carbocycles. The van der Waals surface area contributed by atoms with Crippen molar-refractivity contribution < 1.29 is 0 Å². The maximum Gasteiger partial charge on any atom is 0.0646 e. The maximum absolute atomic E-state index is 5.94. The van der Waals surface area contributed by atoms with Crippen molar-refractivity contribution in [3.8, 4) is 5.69 Å². The molecule has 1 aliphatic rings. The zero-order chi connectivity index (χ0) is 14.8. The number of nitrogens with one attached hydrogen (secondary N) is 1. The molecular weight excluding hydrogens is 319 g/mol. The number of rotatable bonds is 3. The van der Waals surface area contributed by atoms with Gasteiger partial charge in [0.05, 0.1) is 11.4 Å². The van der Waals surface area contributed by atoms with Gasteiger partial charge in [-0.3, -0.25) is 4.90 Å². The largest absolute Gasteiger partial charge is 0.312 e. The number of nitrogens with zero attached hydrogens (tertiary/aromatic N) is 3. The van der Waals surface area contributed by atoms with E-state index >= 15 is 0 Å². The van der Waals surface area contributed by atoms with Crippen molar-refractivity contribution in [2.75, 3.05) is 19.6 Å². The van der Waals surface area contributed by atoms with Crippen molar-refractivity contribution in [2.24, 2.45) is 0 Å². The molecule has 1 fully saturated rings. The Balaban J connectivity index is 0.00000176. The fourth-order valence-electron chi connectivity index (χ4n) is 2.77. The fourth-order valence-corrected chi connectivity index (χ4v) is 2.90. The first-order valence-corrected chi connectivity index (χ1v) is 7.76. The van der Waals surface area contributed by atoms with Gasteiger partial charge in [0.1, 0.15) is 0 Å². The molecular formula is C16H22Cl2N4. The first-order chi connectivity index (χ1) is 10.1. The molecule has 1 saturated heterocycles. The van der Waals surface area contributed by atoms with Crippen molar-refractivity contribution >= 4 is 24.0 Å². The molecule has 22 heavy (non-hydrogen) atoms. The van der Waals surface area contributed by atoms with Crippen LogP contribution in [0.4, 0.5) is 0 Å². The highest BCUT2D eigenvalue weighted by molar-refractivity contribution is 6.30. The minimum Gasteiger partial charge on any atom is -0.312 e. The summed E-state index contributed by atoms with van der Waals surface area (Å²) in [4.78, 5) is 2.48. The topological polar surface area (TPSA) is 33.1 Å². The molecule has 0 spiro atoms. The van der Waals surface area contributed by atoms with Crippen molar-refractivity contribution in [1.29, 1.82) is 0 Å². The van der Waals surface area contributed by atoms with Crippen LogP contribution in [0.3, 0.4) is 0 Å². The van der Waals surface area contributed by atoms with E-state index in [1.807, 2.05) is 28.9 Å². The summed E-state index contributed by atoms with van der Waals surface area (Å²) < 4.78 is 1.94. The molecule has 0 aliphatic carbocycles. The highest BCUT2D eigenvalue weighted by Gasteiger charge is 2.17. The van der Waals surface area contributed by atoms with E-state index in [1.54, 1.807) is 0 Å². The van der Waals surface area contributed by atoms with Gasteiger partial charge >= 0.3 is 0 Å². The van der Waals surface area contributed by atoms with E-state index in [4.69, 9.17) is 11.6 Å². The van der Waals surface area contributed by atoms with Gasteiger partial charge in [-0.25, -0.2) is 4.68 Å². The van der Waals surface area contributed by atoms with E-state index in [0.717, 1.165) is 42.6 Å². The number of benzene rings is 1. The Morgan fingerprint density at radius 2 is 2.05 bits per heavy atom. The smallest absolute Gasteiger partial charge is 0.0646 e. The van der Waals surface area contributed by atoms with Crippen molar-refractivity contribution in [3.05, 3.63) is 46.7 Å². The maximum atomic E-state index is 5.94. The highest BCUT2D eigenvalue weighted by atomic mass is 35.5. The van der Waals surface area contributed by atoms with Crippen LogP contribution in [0.2, 0.25) is 5.02 Å². The van der Waals surface area contributed by atoms with Gasteiger partial charge in [-0.1, -0.05) is 11.6 Å². The lowest BCUT2D eigenvalue weighted by atomic mass is 10.2. The van der Waals surface area contributed by atoms with E-state index in [2.05, 4.69) is 35.4 Å². The lowest BCUT2D eigenvalue weighted by Crippen LogP contribution is -2.48. The van der Waals surface area contributed by atoms with Gasteiger partial charge in [0.25, 0.3) is 0 Å². The Kier molecular flexibility index (Phi) is 5.87. The average molecular weight is 341 g/mol. The molecule has 2 aromatic rings. The quantitative estimate of drug-likeness (QED) is 0.932. The molecule has 1 aromatic carbocycles. The van der Waals surface area contributed by atoms with Gasteiger partial charge in [0.15, 0.2) is 0 Å². The van der Waals surface area contributed by atoms with Gasteiger partial charge in [-0.15, -0.1) is 12.4 Å². The summed E-state index contributed by atoms with van der Waals surface area (Å²) in [7, 11) is 0. The number of aromatic nitrogens is 2. The third kappa shape index (κ3) is 4.02. The molecule has 1 aromatic heterocycles. The highest BCUT2D eigenvalue weighted by Crippen LogP contribution is 2.17. The molecule has 2 heterocycles. The summed E-state index contributed by atoms with van der Waals surface area (Å²) in [5, 5.41) is 8.85. The second kappa shape index (κ2) is 7.47.